The van der Waals surface area contributed by atoms with Gasteiger partial charge in [-0.2, -0.15) is 4.72 Å². The van der Waals surface area contributed by atoms with Crippen molar-refractivity contribution in [2.75, 3.05) is 32.7 Å². The summed E-state index contributed by atoms with van der Waals surface area (Å²) in [6.07, 6.45) is 2.77. The molecule has 1 saturated heterocycles. The minimum Gasteiger partial charge on any atom is -0.504 e. The van der Waals surface area contributed by atoms with Crippen molar-refractivity contribution in [2.45, 2.75) is 62.4 Å². The Morgan fingerprint density at radius 3 is 2.32 bits per heavy atom. The Bertz CT molecular complexity index is 1920. The monoisotopic (exact) mass is 753 g/mol. The van der Waals surface area contributed by atoms with Gasteiger partial charge in [-0.05, 0) is 78.6 Å². The summed E-state index contributed by atoms with van der Waals surface area (Å²) in [5, 5.41) is 41.5. The van der Waals surface area contributed by atoms with Crippen LogP contribution in [0.1, 0.15) is 44.6 Å². The van der Waals surface area contributed by atoms with Crippen LogP contribution >= 0.6 is 0 Å². The van der Waals surface area contributed by atoms with Crippen LogP contribution in [0.15, 0.2) is 65.6 Å². The first-order valence-corrected chi connectivity index (χ1v) is 18.8. The zero-order chi connectivity index (χ0) is 38.7. The van der Waals surface area contributed by atoms with Crippen molar-refractivity contribution in [3.63, 3.8) is 0 Å². The van der Waals surface area contributed by atoms with Gasteiger partial charge in [0.2, 0.25) is 27.7 Å². The number of guanidine groups is 1. The van der Waals surface area contributed by atoms with E-state index in [1.165, 1.54) is 29.2 Å². The van der Waals surface area contributed by atoms with Crippen LogP contribution in [0, 0.1) is 11.3 Å². The fraction of sp³-hybridized carbons (Fsp3) is 0.417. The Labute approximate surface area is 307 Å². The summed E-state index contributed by atoms with van der Waals surface area (Å²) in [6, 6.07) is 14.5. The van der Waals surface area contributed by atoms with Crippen LogP contribution in [-0.2, 0) is 35.6 Å². The number of aliphatic carboxylic acids is 1. The number of carboxylic acid groups (broad SMARTS) is 1. The van der Waals surface area contributed by atoms with E-state index in [-0.39, 0.29) is 53.9 Å². The first-order valence-electron chi connectivity index (χ1n) is 17.3. The van der Waals surface area contributed by atoms with Gasteiger partial charge in [-0.25, -0.2) is 8.42 Å². The molecule has 2 fully saturated rings. The Balaban J connectivity index is 0.00000149. The second-order valence-corrected chi connectivity index (χ2v) is 14.9. The highest BCUT2D eigenvalue weighted by Gasteiger charge is 2.39. The number of piperidine rings is 1. The molecule has 3 aromatic carbocycles. The van der Waals surface area contributed by atoms with Gasteiger partial charge in [-0.15, -0.1) is 0 Å². The number of nitrogens with two attached hydrogens (primary N) is 1. The largest absolute Gasteiger partial charge is 0.504 e. The topological polar surface area (TPSA) is 256 Å². The predicted molar refractivity (Wildman–Crippen MR) is 196 cm³/mol. The summed E-state index contributed by atoms with van der Waals surface area (Å²) in [7, 11) is -4.27. The second kappa shape index (κ2) is 18.4. The second-order valence-electron chi connectivity index (χ2n) is 13.2. The zero-order valence-corrected chi connectivity index (χ0v) is 30.3. The number of carbonyl (C=O) groups is 4. The van der Waals surface area contributed by atoms with E-state index < -0.39 is 46.2 Å². The number of nitrogens with zero attached hydrogens (tertiary/aromatic N) is 2. The maximum Gasteiger partial charge on any atom is 0.300 e. The molecule has 2 atom stereocenters. The van der Waals surface area contributed by atoms with Crippen molar-refractivity contribution >= 4 is 50.4 Å². The number of carboxylic acids is 1. The van der Waals surface area contributed by atoms with Crippen LogP contribution in [0.4, 0.5) is 0 Å². The molecule has 0 radical (unpaired) electrons. The van der Waals surface area contributed by atoms with Gasteiger partial charge < -0.3 is 41.5 Å². The summed E-state index contributed by atoms with van der Waals surface area (Å²) >= 11 is 0. The molecule has 3 amide bonds. The molecular weight excluding hydrogens is 707 g/mol. The number of sulfonamides is 1. The van der Waals surface area contributed by atoms with Crippen LogP contribution in [-0.4, -0.2) is 108 Å². The van der Waals surface area contributed by atoms with Gasteiger partial charge in [0.25, 0.3) is 5.97 Å². The van der Waals surface area contributed by atoms with Crippen LogP contribution in [0.5, 0.6) is 11.5 Å². The number of carbonyl (C=O) groups excluding carboxylic acids is 3. The molecule has 3 aromatic rings. The average Bonchev–Trinajstić information content (AvgIpc) is 3.96. The molecule has 5 rings (SSSR count). The first kappa shape index (κ1) is 40.4. The minimum atomic E-state index is -4.27. The molecular formula is C36H47N7O9S. The van der Waals surface area contributed by atoms with Gasteiger partial charge in [0.1, 0.15) is 6.04 Å². The Kier molecular flexibility index (Phi) is 14.0. The highest BCUT2D eigenvalue weighted by atomic mass is 32.2. The highest BCUT2D eigenvalue weighted by molar-refractivity contribution is 7.89. The molecule has 2 aliphatic rings. The number of phenolic OH excluding ortho intramolecular Hbond substituents is 2. The standard InChI is InChI=1S/C34H43N7O7S.C2H4O2/c35-34(36)40-15-3-4-23(20-40)19-38-31(44)18-28(39-49(47,48)27-11-8-24-5-1-2-6-25(24)17-27)33(46)41(26-9-10-26)21-32(45)37-14-13-22-7-12-29(42)30(43)16-22;1-2(3)4/h1-2,5-8,11-12,16-17,23,26,28,39,42-43H,3-4,9-10,13-15,18-21H2,(H3,35,36)(H,37,45)(H,38,44);1H3,(H,3,4)/t23-,28-;/m0./s1. The number of nitrogens with one attached hydrogen (secondary N) is 4. The lowest BCUT2D eigenvalue weighted by Crippen LogP contribution is -2.53. The van der Waals surface area contributed by atoms with Gasteiger partial charge in [-0.3, -0.25) is 24.6 Å². The molecule has 1 aliphatic heterocycles. The van der Waals surface area contributed by atoms with Gasteiger partial charge in [0.05, 0.1) is 17.9 Å². The van der Waals surface area contributed by atoms with Crippen molar-refractivity contribution in [1.82, 2.24) is 25.2 Å². The van der Waals surface area contributed by atoms with Crippen LogP contribution in [0.3, 0.4) is 0 Å². The molecule has 1 saturated carbocycles. The zero-order valence-electron chi connectivity index (χ0n) is 29.5. The minimum absolute atomic E-state index is 0.0299. The van der Waals surface area contributed by atoms with Crippen molar-refractivity contribution in [3.8, 4) is 11.5 Å². The SMILES string of the molecule is CC(=O)O.N=C(N)N1CCC[C@@H](CNC(=O)C[C@H](NS(=O)(=O)c2ccc3ccccc3c2)C(=O)N(CC(=O)NCCc2ccc(O)c(O)c2)C2CC2)C1. The molecule has 0 spiro atoms. The molecule has 1 aliphatic carbocycles. The number of benzene rings is 3. The fourth-order valence-electron chi connectivity index (χ4n) is 5.99. The van der Waals surface area contributed by atoms with E-state index in [9.17, 15) is 33.0 Å². The number of aromatic hydroxyl groups is 2. The Morgan fingerprint density at radius 1 is 0.962 bits per heavy atom. The van der Waals surface area contributed by atoms with E-state index in [0.717, 1.165) is 25.2 Å². The number of rotatable bonds is 14. The smallest absolute Gasteiger partial charge is 0.300 e. The Hall–Kier alpha value is -5.42. The lowest BCUT2D eigenvalue weighted by atomic mass is 9.98. The molecule has 16 nitrogen and oxygen atoms in total. The van der Waals surface area contributed by atoms with Gasteiger partial charge in [-0.1, -0.05) is 36.4 Å². The lowest BCUT2D eigenvalue weighted by Gasteiger charge is -2.33. The number of hydrogen-bond donors (Lipinski definition) is 8. The van der Waals surface area contributed by atoms with Crippen LogP contribution in [0.2, 0.25) is 0 Å². The third-order valence-electron chi connectivity index (χ3n) is 8.82. The normalized spacial score (nSPS) is 16.1. The summed E-state index contributed by atoms with van der Waals surface area (Å²) in [5.74, 6) is -3.03. The maximum absolute atomic E-state index is 14.0. The van der Waals surface area contributed by atoms with Gasteiger partial charge in [0.15, 0.2) is 17.5 Å². The van der Waals surface area contributed by atoms with E-state index in [2.05, 4.69) is 15.4 Å². The third-order valence-corrected chi connectivity index (χ3v) is 10.3. The number of amides is 3. The summed E-state index contributed by atoms with van der Waals surface area (Å²) < 4.78 is 29.8. The van der Waals surface area contributed by atoms with Crippen molar-refractivity contribution in [1.29, 1.82) is 5.41 Å². The van der Waals surface area contributed by atoms with E-state index in [1.807, 2.05) is 12.1 Å². The van der Waals surface area contributed by atoms with E-state index in [1.54, 1.807) is 29.2 Å². The van der Waals surface area contributed by atoms with Crippen LogP contribution in [0.25, 0.3) is 10.8 Å². The Morgan fingerprint density at radius 2 is 1.66 bits per heavy atom. The maximum atomic E-state index is 14.0. The van der Waals surface area contributed by atoms with Crippen molar-refractivity contribution in [3.05, 3.63) is 66.2 Å². The van der Waals surface area contributed by atoms with E-state index in [0.29, 0.717) is 43.3 Å². The predicted octanol–water partition coefficient (Wildman–Crippen LogP) is 1.45. The molecule has 0 aromatic heterocycles. The number of fused-ring (bicyclic) bond motifs is 1. The molecule has 53 heavy (non-hydrogen) atoms. The van der Waals surface area contributed by atoms with Gasteiger partial charge >= 0.3 is 0 Å². The van der Waals surface area contributed by atoms with Crippen molar-refractivity contribution in [2.24, 2.45) is 11.7 Å². The molecule has 9 N–H and O–H groups in total. The lowest BCUT2D eigenvalue weighted by molar-refractivity contribution is -0.139. The average molecular weight is 754 g/mol. The molecule has 286 valence electrons. The molecule has 1 heterocycles. The third kappa shape index (κ3) is 12.3. The number of likely N-dealkylation sites (tertiary alicyclic amines) is 1. The quantitative estimate of drug-likeness (QED) is 0.0664. The summed E-state index contributed by atoms with van der Waals surface area (Å²) in [6.45, 7) is 2.39. The van der Waals surface area contributed by atoms with E-state index >= 15 is 0 Å². The van der Waals surface area contributed by atoms with Gasteiger partial charge in [0, 0.05) is 39.1 Å². The fourth-order valence-corrected chi connectivity index (χ4v) is 7.21. The number of hydrogen-bond acceptors (Lipinski definition) is 9. The summed E-state index contributed by atoms with van der Waals surface area (Å²) in [5.41, 5.74) is 6.33. The number of phenols is 2. The van der Waals surface area contributed by atoms with Crippen LogP contribution < -0.4 is 21.1 Å². The molecule has 17 heteroatoms. The van der Waals surface area contributed by atoms with E-state index in [4.69, 9.17) is 21.0 Å². The molecule has 0 unspecified atom stereocenters. The summed E-state index contributed by atoms with van der Waals surface area (Å²) in [4.78, 5) is 52.3. The first-order chi connectivity index (χ1) is 25.1. The molecule has 0 bridgehead atoms. The highest BCUT2D eigenvalue weighted by Crippen LogP contribution is 2.28. The van der Waals surface area contributed by atoms with Crippen molar-refractivity contribution < 1.29 is 42.9 Å².